The van der Waals surface area contributed by atoms with Crippen LogP contribution in [-0.4, -0.2) is 23.4 Å². The van der Waals surface area contributed by atoms with Crippen molar-refractivity contribution in [2.45, 2.75) is 19.4 Å². The lowest BCUT2D eigenvalue weighted by molar-refractivity contribution is 0.399. The predicted molar refractivity (Wildman–Crippen MR) is 84.0 cm³/mol. The van der Waals surface area contributed by atoms with E-state index in [9.17, 15) is 4.39 Å². The van der Waals surface area contributed by atoms with Gasteiger partial charge in [0.15, 0.2) is 5.75 Å². The fraction of sp³-hybridized carbons (Fsp3) is 0.400. The maximum atomic E-state index is 14.3. The fourth-order valence-electron chi connectivity index (χ4n) is 2.29. The third-order valence-electron chi connectivity index (χ3n) is 3.31. The van der Waals surface area contributed by atoms with Gasteiger partial charge in [-0.1, -0.05) is 28.9 Å². The first-order valence-corrected chi connectivity index (χ1v) is 7.62. The highest BCUT2D eigenvalue weighted by Crippen LogP contribution is 2.31. The van der Waals surface area contributed by atoms with Crippen LogP contribution in [0, 0.1) is 5.82 Å². The lowest BCUT2D eigenvalue weighted by Gasteiger charge is -2.21. The Kier molecular flexibility index (Phi) is 5.36. The van der Waals surface area contributed by atoms with Crippen LogP contribution in [-0.2, 0) is 7.05 Å². The first kappa shape index (κ1) is 16.0. The standard InChI is InChI=1S/C15H19BrFN3O/c1-4-7-18-14(11-6-5-10(16)8-12(11)17)15-13(21-3)9-19-20(15)2/h5-6,8-9,14,18H,4,7H2,1-3H3. The number of aromatic nitrogens is 2. The van der Waals surface area contributed by atoms with E-state index in [1.807, 2.05) is 13.1 Å². The van der Waals surface area contributed by atoms with E-state index in [1.165, 1.54) is 6.07 Å². The highest BCUT2D eigenvalue weighted by Gasteiger charge is 2.24. The topological polar surface area (TPSA) is 39.1 Å². The molecule has 0 saturated carbocycles. The average molecular weight is 356 g/mol. The molecule has 4 nitrogen and oxygen atoms in total. The lowest BCUT2D eigenvalue weighted by atomic mass is 10.0. The molecule has 1 aromatic heterocycles. The van der Waals surface area contributed by atoms with Crippen LogP contribution in [0.15, 0.2) is 28.9 Å². The quantitative estimate of drug-likeness (QED) is 0.862. The van der Waals surface area contributed by atoms with Gasteiger partial charge in [-0.25, -0.2) is 4.39 Å². The zero-order valence-electron chi connectivity index (χ0n) is 12.4. The molecule has 1 N–H and O–H groups in total. The van der Waals surface area contributed by atoms with Gasteiger partial charge in [-0.3, -0.25) is 4.68 Å². The largest absolute Gasteiger partial charge is 0.493 e. The van der Waals surface area contributed by atoms with E-state index < -0.39 is 0 Å². The maximum Gasteiger partial charge on any atom is 0.161 e. The number of hydrogen-bond acceptors (Lipinski definition) is 3. The van der Waals surface area contributed by atoms with Crippen molar-refractivity contribution in [1.29, 1.82) is 0 Å². The van der Waals surface area contributed by atoms with Gasteiger partial charge >= 0.3 is 0 Å². The molecule has 0 amide bonds. The van der Waals surface area contributed by atoms with Gasteiger partial charge in [-0.15, -0.1) is 0 Å². The minimum Gasteiger partial charge on any atom is -0.493 e. The summed E-state index contributed by atoms with van der Waals surface area (Å²) in [6.45, 7) is 2.84. The SMILES string of the molecule is CCCNC(c1ccc(Br)cc1F)c1c(OC)cnn1C. The van der Waals surface area contributed by atoms with Gasteiger partial charge in [0.2, 0.25) is 0 Å². The van der Waals surface area contributed by atoms with E-state index in [0.717, 1.165) is 23.1 Å². The van der Waals surface area contributed by atoms with Crippen LogP contribution in [0.4, 0.5) is 4.39 Å². The Morgan fingerprint density at radius 1 is 1.48 bits per heavy atom. The molecule has 0 bridgehead atoms. The molecule has 0 aliphatic heterocycles. The molecule has 1 atom stereocenters. The average Bonchev–Trinajstić information content (AvgIpc) is 2.82. The van der Waals surface area contributed by atoms with Crippen molar-refractivity contribution in [3.63, 3.8) is 0 Å². The number of methoxy groups -OCH3 is 1. The number of nitrogens with one attached hydrogen (secondary N) is 1. The monoisotopic (exact) mass is 355 g/mol. The lowest BCUT2D eigenvalue weighted by Crippen LogP contribution is -2.26. The summed E-state index contributed by atoms with van der Waals surface area (Å²) in [7, 11) is 3.42. The van der Waals surface area contributed by atoms with Crippen LogP contribution in [0.25, 0.3) is 0 Å². The van der Waals surface area contributed by atoms with Gasteiger partial charge in [0.1, 0.15) is 11.5 Å². The van der Waals surface area contributed by atoms with E-state index in [4.69, 9.17) is 4.74 Å². The van der Waals surface area contributed by atoms with Gasteiger partial charge in [0, 0.05) is 17.1 Å². The van der Waals surface area contributed by atoms with Crippen LogP contribution in [0.2, 0.25) is 0 Å². The van der Waals surface area contributed by atoms with Crippen LogP contribution < -0.4 is 10.1 Å². The van der Waals surface area contributed by atoms with E-state index in [-0.39, 0.29) is 11.9 Å². The second-order valence-corrected chi connectivity index (χ2v) is 5.69. The Bertz CT molecular complexity index is 615. The molecule has 2 aromatic rings. The summed E-state index contributed by atoms with van der Waals surface area (Å²) in [5, 5.41) is 7.58. The Balaban J connectivity index is 2.49. The molecule has 2 rings (SSSR count). The molecule has 0 aliphatic carbocycles. The van der Waals surface area contributed by atoms with Gasteiger partial charge in [0.05, 0.1) is 19.3 Å². The second kappa shape index (κ2) is 7.04. The van der Waals surface area contributed by atoms with Crippen LogP contribution in [0.3, 0.4) is 0 Å². The van der Waals surface area contributed by atoms with Crippen molar-refractivity contribution in [1.82, 2.24) is 15.1 Å². The van der Waals surface area contributed by atoms with E-state index in [1.54, 1.807) is 24.1 Å². The van der Waals surface area contributed by atoms with Crippen LogP contribution in [0.1, 0.15) is 30.6 Å². The molecular weight excluding hydrogens is 337 g/mol. The fourth-order valence-corrected chi connectivity index (χ4v) is 2.62. The molecule has 1 aromatic carbocycles. The zero-order valence-corrected chi connectivity index (χ0v) is 13.9. The predicted octanol–water partition coefficient (Wildman–Crippen LogP) is 3.42. The summed E-state index contributed by atoms with van der Waals surface area (Å²) < 4.78 is 22.1. The zero-order chi connectivity index (χ0) is 15.4. The molecular formula is C15H19BrFN3O. The first-order valence-electron chi connectivity index (χ1n) is 6.82. The van der Waals surface area contributed by atoms with Crippen molar-refractivity contribution in [3.05, 3.63) is 45.9 Å². The van der Waals surface area contributed by atoms with Crippen molar-refractivity contribution in [3.8, 4) is 5.75 Å². The normalized spacial score (nSPS) is 12.4. The molecule has 0 aliphatic rings. The molecule has 6 heteroatoms. The van der Waals surface area contributed by atoms with Crippen molar-refractivity contribution in [2.75, 3.05) is 13.7 Å². The van der Waals surface area contributed by atoms with Crippen molar-refractivity contribution >= 4 is 15.9 Å². The Morgan fingerprint density at radius 3 is 2.86 bits per heavy atom. The summed E-state index contributed by atoms with van der Waals surface area (Å²) in [6.07, 6.45) is 2.60. The summed E-state index contributed by atoms with van der Waals surface area (Å²) in [4.78, 5) is 0. The highest BCUT2D eigenvalue weighted by molar-refractivity contribution is 9.10. The van der Waals surface area contributed by atoms with Crippen molar-refractivity contribution < 1.29 is 9.13 Å². The van der Waals surface area contributed by atoms with E-state index in [2.05, 4.69) is 33.3 Å². The summed E-state index contributed by atoms with van der Waals surface area (Å²) in [5.74, 6) is 0.384. The minimum atomic E-state index is -0.305. The maximum absolute atomic E-state index is 14.3. The molecule has 21 heavy (non-hydrogen) atoms. The van der Waals surface area contributed by atoms with Crippen LogP contribution in [0.5, 0.6) is 5.75 Å². The van der Waals surface area contributed by atoms with E-state index in [0.29, 0.717) is 11.3 Å². The number of benzene rings is 1. The van der Waals surface area contributed by atoms with Gasteiger partial charge in [-0.2, -0.15) is 5.10 Å². The summed E-state index contributed by atoms with van der Waals surface area (Å²) in [6, 6.07) is 4.78. The third kappa shape index (κ3) is 3.44. The molecule has 0 fully saturated rings. The number of nitrogens with zero attached hydrogens (tertiary/aromatic N) is 2. The number of rotatable bonds is 6. The van der Waals surface area contributed by atoms with E-state index >= 15 is 0 Å². The molecule has 0 spiro atoms. The molecule has 114 valence electrons. The molecule has 0 saturated heterocycles. The summed E-state index contributed by atoms with van der Waals surface area (Å²) in [5.41, 5.74) is 1.39. The minimum absolute atomic E-state index is 0.263. The first-order chi connectivity index (χ1) is 10.1. The van der Waals surface area contributed by atoms with Crippen molar-refractivity contribution in [2.24, 2.45) is 7.05 Å². The number of halogens is 2. The van der Waals surface area contributed by atoms with Crippen LogP contribution >= 0.6 is 15.9 Å². The Hall–Kier alpha value is -1.40. The third-order valence-corrected chi connectivity index (χ3v) is 3.81. The number of hydrogen-bond donors (Lipinski definition) is 1. The Labute approximate surface area is 132 Å². The van der Waals surface area contributed by atoms with Gasteiger partial charge in [-0.05, 0) is 25.1 Å². The Morgan fingerprint density at radius 2 is 2.24 bits per heavy atom. The second-order valence-electron chi connectivity index (χ2n) is 4.77. The number of ether oxygens (including phenoxy) is 1. The summed E-state index contributed by atoms with van der Waals surface area (Å²) >= 11 is 3.29. The van der Waals surface area contributed by atoms with Gasteiger partial charge in [0.25, 0.3) is 0 Å². The highest BCUT2D eigenvalue weighted by atomic mass is 79.9. The smallest absolute Gasteiger partial charge is 0.161 e. The van der Waals surface area contributed by atoms with Gasteiger partial charge < -0.3 is 10.1 Å². The molecule has 0 radical (unpaired) electrons. The molecule has 1 unspecified atom stereocenters. The molecule has 1 heterocycles. The number of aryl methyl sites for hydroxylation is 1.